The van der Waals surface area contributed by atoms with Gasteiger partial charge >= 0.3 is 5.97 Å². The van der Waals surface area contributed by atoms with Gasteiger partial charge in [0, 0.05) is 13.2 Å². The van der Waals surface area contributed by atoms with E-state index in [9.17, 15) is 14.7 Å². The molecule has 1 rings (SSSR count). The molecule has 0 aromatic rings. The monoisotopic (exact) mass is 285 g/mol. The highest BCUT2D eigenvalue weighted by Crippen LogP contribution is 2.38. The van der Waals surface area contributed by atoms with Crippen molar-refractivity contribution in [3.8, 4) is 0 Å². The highest BCUT2D eigenvalue weighted by atomic mass is 16.5. The zero-order valence-electron chi connectivity index (χ0n) is 12.7. The molecule has 0 aromatic heterocycles. The maximum Gasteiger partial charge on any atom is 0.307 e. The normalized spacial score (nSPS) is 25.9. The molecule has 20 heavy (non-hydrogen) atoms. The minimum atomic E-state index is -0.850. The van der Waals surface area contributed by atoms with E-state index in [1.807, 2.05) is 6.92 Å². The smallest absolute Gasteiger partial charge is 0.307 e. The molecule has 0 aliphatic heterocycles. The average Bonchev–Trinajstić information content (AvgIpc) is 2.82. The summed E-state index contributed by atoms with van der Waals surface area (Å²) in [7, 11) is 0. The van der Waals surface area contributed by atoms with Gasteiger partial charge in [-0.15, -0.1) is 0 Å². The number of carboxylic acid groups (broad SMARTS) is 1. The fraction of sp³-hybridized carbons (Fsp3) is 0.867. The topological polar surface area (TPSA) is 75.6 Å². The Bertz CT molecular complexity index is 330. The lowest BCUT2D eigenvalue weighted by molar-refractivity contribution is -0.146. The highest BCUT2D eigenvalue weighted by Gasteiger charge is 2.41. The van der Waals surface area contributed by atoms with Crippen molar-refractivity contribution in [2.75, 3.05) is 19.8 Å². The molecule has 0 aromatic carbocycles. The molecule has 1 saturated carbocycles. The van der Waals surface area contributed by atoms with Crippen LogP contribution in [0.1, 0.15) is 40.0 Å². The molecule has 3 atom stereocenters. The Kier molecular flexibility index (Phi) is 6.99. The van der Waals surface area contributed by atoms with Crippen LogP contribution in [0.15, 0.2) is 0 Å². The average molecular weight is 285 g/mol. The molecule has 0 radical (unpaired) electrons. The first kappa shape index (κ1) is 17.0. The highest BCUT2D eigenvalue weighted by molar-refractivity contribution is 5.85. The third-order valence-electron chi connectivity index (χ3n) is 3.89. The van der Waals surface area contributed by atoms with Crippen molar-refractivity contribution >= 4 is 11.9 Å². The van der Waals surface area contributed by atoms with E-state index >= 15 is 0 Å². The number of carbonyl (C=O) groups excluding carboxylic acids is 1. The molecule has 0 bridgehead atoms. The van der Waals surface area contributed by atoms with Gasteiger partial charge in [-0.1, -0.05) is 27.2 Å². The molecule has 0 saturated heterocycles. The number of amides is 1. The number of hydrogen-bond donors (Lipinski definition) is 2. The number of carboxylic acids is 1. The predicted octanol–water partition coefficient (Wildman–Crippen LogP) is 1.91. The fourth-order valence-electron chi connectivity index (χ4n) is 2.74. The summed E-state index contributed by atoms with van der Waals surface area (Å²) in [6.45, 7) is 7.79. The molecular formula is C15H27NO4. The second-order valence-corrected chi connectivity index (χ2v) is 6.06. The van der Waals surface area contributed by atoms with Crippen molar-refractivity contribution in [2.24, 2.45) is 23.7 Å². The number of nitrogens with one attached hydrogen (secondary N) is 1. The van der Waals surface area contributed by atoms with E-state index in [2.05, 4.69) is 19.2 Å². The van der Waals surface area contributed by atoms with Crippen molar-refractivity contribution in [2.45, 2.75) is 40.0 Å². The lowest BCUT2D eigenvalue weighted by atomic mass is 9.95. The Morgan fingerprint density at radius 2 is 1.95 bits per heavy atom. The minimum Gasteiger partial charge on any atom is -0.481 e. The van der Waals surface area contributed by atoms with E-state index in [-0.39, 0.29) is 11.8 Å². The second-order valence-electron chi connectivity index (χ2n) is 6.06. The van der Waals surface area contributed by atoms with Gasteiger partial charge < -0.3 is 15.2 Å². The lowest BCUT2D eigenvalue weighted by Gasteiger charge is -2.15. The summed E-state index contributed by atoms with van der Waals surface area (Å²) in [4.78, 5) is 23.3. The zero-order valence-corrected chi connectivity index (χ0v) is 12.7. The fourth-order valence-corrected chi connectivity index (χ4v) is 2.74. The van der Waals surface area contributed by atoms with Gasteiger partial charge in [0.05, 0.1) is 18.4 Å². The first-order chi connectivity index (χ1) is 9.45. The molecule has 1 aliphatic rings. The molecule has 116 valence electrons. The van der Waals surface area contributed by atoms with Gasteiger partial charge in [-0.3, -0.25) is 9.59 Å². The van der Waals surface area contributed by atoms with Crippen molar-refractivity contribution in [3.63, 3.8) is 0 Å². The molecule has 0 heterocycles. The number of carbonyl (C=O) groups is 2. The Balaban J connectivity index is 2.35. The summed E-state index contributed by atoms with van der Waals surface area (Å²) in [5.41, 5.74) is 0. The minimum absolute atomic E-state index is 0.138. The lowest BCUT2D eigenvalue weighted by Crippen LogP contribution is -2.37. The number of rotatable bonds is 8. The molecule has 1 unspecified atom stereocenters. The van der Waals surface area contributed by atoms with Gasteiger partial charge in [-0.05, 0) is 24.7 Å². The molecule has 1 fully saturated rings. The number of hydrogen-bond acceptors (Lipinski definition) is 3. The van der Waals surface area contributed by atoms with Crippen LogP contribution in [-0.4, -0.2) is 36.7 Å². The van der Waals surface area contributed by atoms with Crippen LogP contribution in [0.5, 0.6) is 0 Å². The van der Waals surface area contributed by atoms with Crippen molar-refractivity contribution < 1.29 is 19.4 Å². The van der Waals surface area contributed by atoms with E-state index in [4.69, 9.17) is 4.74 Å². The van der Waals surface area contributed by atoms with Gasteiger partial charge in [0.1, 0.15) is 0 Å². The second kappa shape index (κ2) is 8.25. The molecular weight excluding hydrogens is 258 g/mol. The van der Waals surface area contributed by atoms with Gasteiger partial charge in [0.2, 0.25) is 5.91 Å². The third-order valence-corrected chi connectivity index (χ3v) is 3.89. The standard InChI is InChI=1S/C15H27NO4/c1-4-11-7-12(13(8-11)15(18)19)14(17)16-5-6-20-9-10(2)3/h10-13H,4-9H2,1-3H3,(H,16,17)(H,18,19)/t11?,12-,13+/m0/s1. The van der Waals surface area contributed by atoms with Gasteiger partial charge in [0.15, 0.2) is 0 Å². The first-order valence-electron chi connectivity index (χ1n) is 7.53. The molecule has 0 spiro atoms. The Morgan fingerprint density at radius 3 is 2.50 bits per heavy atom. The van der Waals surface area contributed by atoms with Crippen LogP contribution < -0.4 is 5.32 Å². The molecule has 5 heteroatoms. The summed E-state index contributed by atoms with van der Waals surface area (Å²) in [5.74, 6) is -1.08. The van der Waals surface area contributed by atoms with E-state index < -0.39 is 11.9 Å². The number of aliphatic carboxylic acids is 1. The molecule has 1 amide bonds. The first-order valence-corrected chi connectivity index (χ1v) is 7.53. The van der Waals surface area contributed by atoms with Crippen LogP contribution in [0, 0.1) is 23.7 Å². The van der Waals surface area contributed by atoms with Crippen molar-refractivity contribution in [1.82, 2.24) is 5.32 Å². The summed E-state index contributed by atoms with van der Waals surface area (Å²) < 4.78 is 5.39. The number of ether oxygens (including phenoxy) is 1. The van der Waals surface area contributed by atoms with Crippen LogP contribution in [0.4, 0.5) is 0 Å². The summed E-state index contributed by atoms with van der Waals surface area (Å²) in [6, 6.07) is 0. The quantitative estimate of drug-likeness (QED) is 0.668. The predicted molar refractivity (Wildman–Crippen MR) is 76.3 cm³/mol. The van der Waals surface area contributed by atoms with Crippen LogP contribution in [0.3, 0.4) is 0 Å². The van der Waals surface area contributed by atoms with Gasteiger partial charge in [-0.25, -0.2) is 0 Å². The molecule has 1 aliphatic carbocycles. The Hall–Kier alpha value is -1.10. The van der Waals surface area contributed by atoms with Crippen molar-refractivity contribution in [3.05, 3.63) is 0 Å². The Labute approximate surface area is 121 Å². The molecule has 2 N–H and O–H groups in total. The Morgan fingerprint density at radius 1 is 1.30 bits per heavy atom. The van der Waals surface area contributed by atoms with E-state index in [1.54, 1.807) is 0 Å². The van der Waals surface area contributed by atoms with Crippen molar-refractivity contribution in [1.29, 1.82) is 0 Å². The van der Waals surface area contributed by atoms with Crippen LogP contribution >= 0.6 is 0 Å². The summed E-state index contributed by atoms with van der Waals surface area (Å²) in [6.07, 6.45) is 2.24. The van der Waals surface area contributed by atoms with Crippen LogP contribution in [-0.2, 0) is 14.3 Å². The van der Waals surface area contributed by atoms with E-state index in [1.165, 1.54) is 0 Å². The van der Waals surface area contributed by atoms with Crippen LogP contribution in [0.2, 0.25) is 0 Å². The largest absolute Gasteiger partial charge is 0.481 e. The summed E-state index contributed by atoms with van der Waals surface area (Å²) in [5, 5.41) is 12.0. The maximum atomic E-state index is 12.1. The van der Waals surface area contributed by atoms with Gasteiger partial charge in [-0.2, -0.15) is 0 Å². The van der Waals surface area contributed by atoms with E-state index in [0.717, 1.165) is 6.42 Å². The zero-order chi connectivity index (χ0) is 15.1. The maximum absolute atomic E-state index is 12.1. The van der Waals surface area contributed by atoms with Crippen LogP contribution in [0.25, 0.3) is 0 Å². The van der Waals surface area contributed by atoms with E-state index in [0.29, 0.717) is 44.4 Å². The summed E-state index contributed by atoms with van der Waals surface area (Å²) >= 11 is 0. The van der Waals surface area contributed by atoms with Gasteiger partial charge in [0.25, 0.3) is 0 Å². The molecule has 5 nitrogen and oxygen atoms in total. The SMILES string of the molecule is CCC1C[C@H](C(=O)NCCOCC(C)C)[C@H](C(=O)O)C1. The third kappa shape index (κ3) is 5.12.